The summed E-state index contributed by atoms with van der Waals surface area (Å²) in [4.78, 5) is 11.8. The predicted molar refractivity (Wildman–Crippen MR) is 76.1 cm³/mol. The van der Waals surface area contributed by atoms with Gasteiger partial charge in [-0.2, -0.15) is 0 Å². The average molecular weight is 304 g/mol. The number of nitrogens with zero attached hydrogens (tertiary/aromatic N) is 1. The summed E-state index contributed by atoms with van der Waals surface area (Å²) in [5, 5.41) is 14.8. The largest absolute Gasteiger partial charge is 0.409 e. The first kappa shape index (κ1) is 15.6. The third-order valence-electron chi connectivity index (χ3n) is 2.45. The number of carbonyl (C=O) groups excluding carboxylic acids is 1. The maximum absolute atomic E-state index is 11.8. The van der Waals surface area contributed by atoms with E-state index in [2.05, 4.69) is 10.5 Å². The Bertz CT molecular complexity index is 478. The Hall–Kier alpha value is -1.46. The molecule has 0 aromatic heterocycles. The maximum Gasteiger partial charge on any atom is 0.252 e. The van der Waals surface area contributed by atoms with Crippen LogP contribution in [0.3, 0.4) is 0 Å². The summed E-state index contributed by atoms with van der Waals surface area (Å²) < 4.78 is 0. The molecule has 1 rings (SSSR count). The second kappa shape index (κ2) is 7.86. The number of rotatable bonds is 6. The van der Waals surface area contributed by atoms with Gasteiger partial charge in [0.2, 0.25) is 0 Å². The zero-order chi connectivity index (χ0) is 14.3. The Morgan fingerprint density at radius 1 is 1.37 bits per heavy atom. The first-order chi connectivity index (χ1) is 9.04. The molecular formula is C12H15Cl2N3O2. The molecule has 0 aliphatic heterocycles. The van der Waals surface area contributed by atoms with E-state index in [0.29, 0.717) is 28.6 Å². The quantitative estimate of drug-likeness (QED) is 0.248. The van der Waals surface area contributed by atoms with Gasteiger partial charge >= 0.3 is 0 Å². The smallest absolute Gasteiger partial charge is 0.252 e. The van der Waals surface area contributed by atoms with Crippen LogP contribution in [0.25, 0.3) is 0 Å². The van der Waals surface area contributed by atoms with Gasteiger partial charge in [0, 0.05) is 18.0 Å². The number of nitrogens with two attached hydrogens (primary N) is 1. The van der Waals surface area contributed by atoms with Gasteiger partial charge < -0.3 is 16.3 Å². The van der Waals surface area contributed by atoms with Crippen LogP contribution in [-0.2, 0) is 0 Å². The Morgan fingerprint density at radius 3 is 2.79 bits per heavy atom. The van der Waals surface area contributed by atoms with Crippen molar-refractivity contribution in [3.63, 3.8) is 0 Å². The molecule has 0 unspecified atom stereocenters. The van der Waals surface area contributed by atoms with Crippen molar-refractivity contribution >= 4 is 34.9 Å². The number of nitrogens with one attached hydrogen (secondary N) is 1. The summed E-state index contributed by atoms with van der Waals surface area (Å²) in [6.07, 6.45) is 1.93. The van der Waals surface area contributed by atoms with Crippen molar-refractivity contribution < 1.29 is 10.0 Å². The van der Waals surface area contributed by atoms with Crippen molar-refractivity contribution in [2.24, 2.45) is 10.9 Å². The van der Waals surface area contributed by atoms with E-state index in [0.717, 1.165) is 12.8 Å². The van der Waals surface area contributed by atoms with Crippen LogP contribution in [0.4, 0.5) is 0 Å². The van der Waals surface area contributed by atoms with Crippen LogP contribution in [-0.4, -0.2) is 23.5 Å². The van der Waals surface area contributed by atoms with Gasteiger partial charge in [0.25, 0.3) is 5.91 Å². The third kappa shape index (κ3) is 5.36. The summed E-state index contributed by atoms with van der Waals surface area (Å²) in [6.45, 7) is 0.486. The van der Waals surface area contributed by atoms with Crippen LogP contribution < -0.4 is 11.1 Å². The fourth-order valence-electron chi connectivity index (χ4n) is 1.45. The number of oxime groups is 1. The molecule has 0 saturated heterocycles. The van der Waals surface area contributed by atoms with Crippen molar-refractivity contribution in [3.8, 4) is 0 Å². The fourth-order valence-corrected chi connectivity index (χ4v) is 1.83. The predicted octanol–water partition coefficient (Wildman–Crippen LogP) is 2.64. The summed E-state index contributed by atoms with van der Waals surface area (Å²) in [5.41, 5.74) is 5.68. The Labute approximate surface area is 121 Å². The van der Waals surface area contributed by atoms with Gasteiger partial charge in [-0.15, -0.1) is 0 Å². The lowest BCUT2D eigenvalue weighted by atomic mass is 10.2. The summed E-state index contributed by atoms with van der Waals surface area (Å²) in [6, 6.07) is 4.73. The molecule has 7 heteroatoms. The van der Waals surface area contributed by atoms with E-state index >= 15 is 0 Å². The average Bonchev–Trinajstić information content (AvgIpc) is 2.40. The van der Waals surface area contributed by atoms with Crippen LogP contribution in [0.5, 0.6) is 0 Å². The van der Waals surface area contributed by atoms with E-state index in [1.54, 1.807) is 12.1 Å². The highest BCUT2D eigenvalue weighted by molar-refractivity contribution is 6.35. The highest BCUT2D eigenvalue weighted by Crippen LogP contribution is 2.20. The molecule has 5 nitrogen and oxygen atoms in total. The molecule has 4 N–H and O–H groups in total. The Kier molecular flexibility index (Phi) is 6.45. The molecule has 19 heavy (non-hydrogen) atoms. The van der Waals surface area contributed by atoms with Crippen molar-refractivity contribution in [3.05, 3.63) is 33.8 Å². The summed E-state index contributed by atoms with van der Waals surface area (Å²) in [5.74, 6) is -0.0829. The topological polar surface area (TPSA) is 87.7 Å². The molecule has 0 heterocycles. The first-order valence-electron chi connectivity index (χ1n) is 5.74. The fraction of sp³-hybridized carbons (Fsp3) is 0.333. The lowest BCUT2D eigenvalue weighted by Crippen LogP contribution is -2.25. The van der Waals surface area contributed by atoms with Gasteiger partial charge in [-0.1, -0.05) is 28.4 Å². The van der Waals surface area contributed by atoms with Crippen LogP contribution in [0.2, 0.25) is 10.0 Å². The van der Waals surface area contributed by atoms with Crippen LogP contribution in [0.1, 0.15) is 29.6 Å². The van der Waals surface area contributed by atoms with E-state index in [-0.39, 0.29) is 11.7 Å². The molecule has 0 radical (unpaired) electrons. The minimum absolute atomic E-state index is 0.184. The van der Waals surface area contributed by atoms with Crippen molar-refractivity contribution in [1.82, 2.24) is 5.32 Å². The molecule has 1 aromatic rings. The molecule has 0 saturated carbocycles. The van der Waals surface area contributed by atoms with E-state index in [9.17, 15) is 4.79 Å². The van der Waals surface area contributed by atoms with Gasteiger partial charge in [-0.3, -0.25) is 4.79 Å². The highest BCUT2D eigenvalue weighted by atomic mass is 35.5. The van der Waals surface area contributed by atoms with Crippen molar-refractivity contribution in [2.45, 2.75) is 19.3 Å². The number of unbranched alkanes of at least 4 members (excludes halogenated alkanes) is 1. The second-order valence-corrected chi connectivity index (χ2v) is 4.77. The molecule has 0 atom stereocenters. The molecule has 0 bridgehead atoms. The minimum atomic E-state index is -0.267. The Balaban J connectivity index is 2.37. The number of amidine groups is 1. The molecule has 0 fully saturated rings. The zero-order valence-corrected chi connectivity index (χ0v) is 11.7. The number of amides is 1. The maximum atomic E-state index is 11.8. The summed E-state index contributed by atoms with van der Waals surface area (Å²) >= 11 is 11.7. The molecular weight excluding hydrogens is 289 g/mol. The summed E-state index contributed by atoms with van der Waals surface area (Å²) in [7, 11) is 0. The molecule has 104 valence electrons. The SMILES string of the molecule is NC(CCCCNC(=O)c1cc(Cl)ccc1Cl)=NO. The standard InChI is InChI=1S/C12H15Cl2N3O2/c13-8-4-5-10(14)9(7-8)12(18)16-6-2-1-3-11(15)17-19/h4-5,7,19H,1-3,6H2,(H2,15,17)(H,16,18). The molecule has 1 amide bonds. The van der Waals surface area contributed by atoms with Gasteiger partial charge in [0.15, 0.2) is 0 Å². The molecule has 1 aromatic carbocycles. The minimum Gasteiger partial charge on any atom is -0.409 e. The van der Waals surface area contributed by atoms with Gasteiger partial charge in [0.05, 0.1) is 10.6 Å². The molecule has 0 aliphatic rings. The van der Waals surface area contributed by atoms with Crippen LogP contribution in [0, 0.1) is 0 Å². The van der Waals surface area contributed by atoms with E-state index < -0.39 is 0 Å². The van der Waals surface area contributed by atoms with Crippen molar-refractivity contribution in [2.75, 3.05) is 6.54 Å². The Morgan fingerprint density at radius 2 is 2.11 bits per heavy atom. The number of benzene rings is 1. The van der Waals surface area contributed by atoms with Crippen LogP contribution in [0.15, 0.2) is 23.4 Å². The van der Waals surface area contributed by atoms with Gasteiger partial charge in [-0.05, 0) is 31.0 Å². The first-order valence-corrected chi connectivity index (χ1v) is 6.50. The van der Waals surface area contributed by atoms with E-state index in [1.165, 1.54) is 6.07 Å². The number of hydrogen-bond acceptors (Lipinski definition) is 3. The number of hydrogen-bond donors (Lipinski definition) is 3. The van der Waals surface area contributed by atoms with Gasteiger partial charge in [-0.25, -0.2) is 0 Å². The lowest BCUT2D eigenvalue weighted by molar-refractivity contribution is 0.0953. The van der Waals surface area contributed by atoms with Crippen molar-refractivity contribution in [1.29, 1.82) is 0 Å². The normalized spacial score (nSPS) is 11.4. The monoisotopic (exact) mass is 303 g/mol. The number of carbonyl (C=O) groups is 1. The van der Waals surface area contributed by atoms with E-state index in [4.69, 9.17) is 34.1 Å². The molecule has 0 spiro atoms. The van der Waals surface area contributed by atoms with Crippen LogP contribution >= 0.6 is 23.2 Å². The number of halogens is 2. The lowest BCUT2D eigenvalue weighted by Gasteiger charge is -2.07. The zero-order valence-electron chi connectivity index (χ0n) is 10.2. The van der Waals surface area contributed by atoms with E-state index in [1.807, 2.05) is 0 Å². The highest BCUT2D eigenvalue weighted by Gasteiger charge is 2.10. The third-order valence-corrected chi connectivity index (χ3v) is 3.01. The van der Waals surface area contributed by atoms with Gasteiger partial charge in [0.1, 0.15) is 5.84 Å². The molecule has 0 aliphatic carbocycles. The second-order valence-electron chi connectivity index (χ2n) is 3.93.